The van der Waals surface area contributed by atoms with Gasteiger partial charge < -0.3 is 10.1 Å². The lowest BCUT2D eigenvalue weighted by atomic mass is 10.0. The molecule has 0 amide bonds. The number of aromatic nitrogens is 3. The van der Waals surface area contributed by atoms with Crippen LogP contribution in [-0.4, -0.2) is 25.8 Å². The molecule has 0 aliphatic carbocycles. The Morgan fingerprint density at radius 2 is 2.14 bits per heavy atom. The molecule has 3 rings (SSSR count). The largest absolute Gasteiger partial charge is 0.477 e. The van der Waals surface area contributed by atoms with E-state index >= 15 is 0 Å². The van der Waals surface area contributed by atoms with Gasteiger partial charge >= 0.3 is 5.97 Å². The molecule has 0 aliphatic heterocycles. The van der Waals surface area contributed by atoms with Gasteiger partial charge in [0.15, 0.2) is 0 Å². The third-order valence-electron chi connectivity index (χ3n) is 3.77. The Hall–Kier alpha value is -2.89. The minimum Gasteiger partial charge on any atom is -0.477 e. The summed E-state index contributed by atoms with van der Waals surface area (Å²) in [6.45, 7) is 1.92. The number of benzene rings is 1. The van der Waals surface area contributed by atoms with Crippen LogP contribution in [-0.2, 0) is 13.5 Å². The number of carboxylic acids is 1. The van der Waals surface area contributed by atoms with Gasteiger partial charge in [-0.1, -0.05) is 13.0 Å². The molecule has 3 aromatic rings. The molecule has 0 unspecified atom stereocenters. The van der Waals surface area contributed by atoms with Gasteiger partial charge in [0.1, 0.15) is 5.56 Å². The number of nitrogens with one attached hydrogen (secondary N) is 1. The molecule has 0 aliphatic rings. The van der Waals surface area contributed by atoms with E-state index in [-0.39, 0.29) is 5.56 Å². The van der Waals surface area contributed by atoms with Crippen molar-refractivity contribution in [3.63, 3.8) is 0 Å². The van der Waals surface area contributed by atoms with Crippen LogP contribution < -0.4 is 5.56 Å². The first-order chi connectivity index (χ1) is 10.5. The molecule has 0 saturated carbocycles. The fraction of sp³-hybridized carbons (Fsp3) is 0.188. The quantitative estimate of drug-likeness (QED) is 0.775. The first-order valence-electron chi connectivity index (χ1n) is 6.93. The van der Waals surface area contributed by atoms with E-state index in [4.69, 9.17) is 5.11 Å². The predicted molar refractivity (Wildman–Crippen MR) is 83.1 cm³/mol. The van der Waals surface area contributed by atoms with Gasteiger partial charge in [-0.05, 0) is 35.7 Å². The van der Waals surface area contributed by atoms with E-state index < -0.39 is 11.5 Å². The molecule has 0 radical (unpaired) electrons. The van der Waals surface area contributed by atoms with Crippen molar-refractivity contribution in [1.82, 2.24) is 14.8 Å². The summed E-state index contributed by atoms with van der Waals surface area (Å²) in [4.78, 5) is 25.7. The summed E-state index contributed by atoms with van der Waals surface area (Å²) < 4.78 is 1.77. The maximum atomic E-state index is 11.9. The minimum absolute atomic E-state index is 0.233. The molecule has 0 spiro atoms. The smallest absolute Gasteiger partial charge is 0.341 e. The Morgan fingerprint density at radius 1 is 1.36 bits per heavy atom. The number of carboxylic acid groups (broad SMARTS) is 1. The number of rotatable bonds is 3. The standard InChI is InChI=1S/C16H15N3O3/c1-3-9-7-12(16(21)22)15(20)18-14(9)10-4-5-13-11(6-10)8-17-19(13)2/h4-8H,3H2,1-2H3,(H,18,20)(H,21,22). The highest BCUT2D eigenvalue weighted by Gasteiger charge is 2.14. The number of pyridine rings is 1. The lowest BCUT2D eigenvalue weighted by molar-refractivity contribution is 0.0695. The first-order valence-corrected chi connectivity index (χ1v) is 6.93. The molecule has 0 fully saturated rings. The van der Waals surface area contributed by atoms with Gasteiger partial charge in [0, 0.05) is 12.4 Å². The van der Waals surface area contributed by atoms with Crippen molar-refractivity contribution in [2.24, 2.45) is 7.05 Å². The summed E-state index contributed by atoms with van der Waals surface area (Å²) in [5, 5.41) is 14.2. The number of aromatic carboxylic acids is 1. The molecule has 112 valence electrons. The number of hydrogen-bond donors (Lipinski definition) is 2. The Morgan fingerprint density at radius 3 is 2.82 bits per heavy atom. The molecule has 6 nitrogen and oxygen atoms in total. The van der Waals surface area contributed by atoms with Crippen LogP contribution in [0, 0.1) is 0 Å². The van der Waals surface area contributed by atoms with E-state index in [9.17, 15) is 9.59 Å². The molecule has 0 atom stereocenters. The highest BCUT2D eigenvalue weighted by Crippen LogP contribution is 2.25. The second-order valence-corrected chi connectivity index (χ2v) is 5.11. The van der Waals surface area contributed by atoms with Crippen LogP contribution in [0.2, 0.25) is 0 Å². The molecule has 2 aromatic heterocycles. The van der Waals surface area contributed by atoms with Crippen molar-refractivity contribution < 1.29 is 9.90 Å². The van der Waals surface area contributed by atoms with Crippen molar-refractivity contribution in [3.05, 3.63) is 51.9 Å². The van der Waals surface area contributed by atoms with Gasteiger partial charge in [0.25, 0.3) is 5.56 Å². The van der Waals surface area contributed by atoms with Gasteiger partial charge in [-0.2, -0.15) is 5.10 Å². The fourth-order valence-electron chi connectivity index (χ4n) is 2.59. The van der Waals surface area contributed by atoms with E-state index in [1.807, 2.05) is 32.2 Å². The molecule has 2 N–H and O–H groups in total. The first kappa shape index (κ1) is 14.1. The zero-order chi connectivity index (χ0) is 15.9. The Bertz CT molecular complexity index is 937. The Balaban J connectivity index is 2.22. The van der Waals surface area contributed by atoms with Crippen LogP contribution in [0.5, 0.6) is 0 Å². The van der Waals surface area contributed by atoms with Crippen LogP contribution >= 0.6 is 0 Å². The second kappa shape index (κ2) is 5.14. The van der Waals surface area contributed by atoms with Crippen molar-refractivity contribution in [3.8, 4) is 11.3 Å². The normalized spacial score (nSPS) is 11.0. The second-order valence-electron chi connectivity index (χ2n) is 5.11. The maximum absolute atomic E-state index is 11.9. The van der Waals surface area contributed by atoms with Gasteiger partial charge in [-0.25, -0.2) is 4.79 Å². The zero-order valence-electron chi connectivity index (χ0n) is 12.3. The topological polar surface area (TPSA) is 88.0 Å². The third kappa shape index (κ3) is 2.18. The number of aryl methyl sites for hydroxylation is 2. The maximum Gasteiger partial charge on any atom is 0.341 e. The van der Waals surface area contributed by atoms with E-state index in [0.29, 0.717) is 12.1 Å². The van der Waals surface area contributed by atoms with Crippen LogP contribution in [0.25, 0.3) is 22.2 Å². The average molecular weight is 297 g/mol. The highest BCUT2D eigenvalue weighted by molar-refractivity contribution is 5.89. The fourth-order valence-corrected chi connectivity index (χ4v) is 2.59. The van der Waals surface area contributed by atoms with E-state index in [0.717, 1.165) is 22.0 Å². The monoisotopic (exact) mass is 297 g/mol. The third-order valence-corrected chi connectivity index (χ3v) is 3.77. The molecule has 6 heteroatoms. The zero-order valence-corrected chi connectivity index (χ0v) is 12.3. The lowest BCUT2D eigenvalue weighted by Crippen LogP contribution is -2.19. The van der Waals surface area contributed by atoms with Crippen molar-refractivity contribution in [1.29, 1.82) is 0 Å². The highest BCUT2D eigenvalue weighted by atomic mass is 16.4. The number of aromatic amines is 1. The molecule has 0 bridgehead atoms. The number of carbonyl (C=O) groups is 1. The Kier molecular flexibility index (Phi) is 3.29. The van der Waals surface area contributed by atoms with Crippen LogP contribution in [0.3, 0.4) is 0 Å². The number of hydrogen-bond acceptors (Lipinski definition) is 3. The molecule has 2 heterocycles. The summed E-state index contributed by atoms with van der Waals surface area (Å²) >= 11 is 0. The van der Waals surface area contributed by atoms with Crippen molar-refractivity contribution >= 4 is 16.9 Å². The average Bonchev–Trinajstić information content (AvgIpc) is 2.87. The molecule has 22 heavy (non-hydrogen) atoms. The summed E-state index contributed by atoms with van der Waals surface area (Å²) in [6, 6.07) is 7.21. The summed E-state index contributed by atoms with van der Waals surface area (Å²) in [5.74, 6) is -1.22. The van der Waals surface area contributed by atoms with Crippen molar-refractivity contribution in [2.45, 2.75) is 13.3 Å². The van der Waals surface area contributed by atoms with Crippen LogP contribution in [0.4, 0.5) is 0 Å². The molecular formula is C16H15N3O3. The summed E-state index contributed by atoms with van der Waals surface area (Å²) in [6.07, 6.45) is 2.38. The molecule has 0 saturated heterocycles. The number of nitrogens with zero attached hydrogens (tertiary/aromatic N) is 2. The van der Waals surface area contributed by atoms with Crippen LogP contribution in [0.1, 0.15) is 22.8 Å². The summed E-state index contributed by atoms with van der Waals surface area (Å²) in [7, 11) is 1.86. The van der Waals surface area contributed by atoms with Gasteiger partial charge in [0.05, 0.1) is 17.4 Å². The minimum atomic E-state index is -1.22. The molecular weight excluding hydrogens is 282 g/mol. The van der Waals surface area contributed by atoms with Crippen LogP contribution in [0.15, 0.2) is 35.3 Å². The number of fused-ring (bicyclic) bond motifs is 1. The Labute approximate surface area is 126 Å². The number of H-pyrrole nitrogens is 1. The summed E-state index contributed by atoms with van der Waals surface area (Å²) in [5.41, 5.74) is 2.45. The van der Waals surface area contributed by atoms with E-state index in [1.165, 1.54) is 6.07 Å². The SMILES string of the molecule is CCc1cc(C(=O)O)c(=O)[nH]c1-c1ccc2c(cnn2C)c1. The van der Waals surface area contributed by atoms with Crippen molar-refractivity contribution in [2.75, 3.05) is 0 Å². The van der Waals surface area contributed by atoms with Gasteiger partial charge in [-0.15, -0.1) is 0 Å². The predicted octanol–water partition coefficient (Wildman–Crippen LogP) is 2.19. The van der Waals surface area contributed by atoms with Gasteiger partial charge in [0.2, 0.25) is 0 Å². The lowest BCUT2D eigenvalue weighted by Gasteiger charge is -2.09. The van der Waals surface area contributed by atoms with E-state index in [2.05, 4.69) is 10.1 Å². The molecule has 1 aromatic carbocycles. The van der Waals surface area contributed by atoms with Gasteiger partial charge in [-0.3, -0.25) is 9.48 Å². The van der Waals surface area contributed by atoms with E-state index in [1.54, 1.807) is 10.9 Å².